The van der Waals surface area contributed by atoms with Gasteiger partial charge < -0.3 is 14.9 Å². The van der Waals surface area contributed by atoms with Gasteiger partial charge in [-0.3, -0.25) is 5.32 Å². The van der Waals surface area contributed by atoms with Crippen LogP contribution >= 0.6 is 0 Å². The Kier molecular flexibility index (Phi) is 8.98. The fourth-order valence-electron chi connectivity index (χ4n) is 5.30. The molecule has 3 aromatic heterocycles. The minimum absolute atomic E-state index is 0.0543. The largest absolute Gasteiger partial charge is 0.477 e. The van der Waals surface area contributed by atoms with Crippen molar-refractivity contribution < 1.29 is 32.3 Å². The molecule has 0 aliphatic rings. The number of likely N-dealkylation sites (N-methyl/N-ethyl adjacent to an activating group) is 1. The lowest BCUT2D eigenvalue weighted by molar-refractivity contribution is -0.883. The van der Waals surface area contributed by atoms with Crippen LogP contribution in [0.15, 0.2) is 67.0 Å². The summed E-state index contributed by atoms with van der Waals surface area (Å²) in [6, 6.07) is 14.9. The maximum absolute atomic E-state index is 13.7. The number of urea groups is 1. The van der Waals surface area contributed by atoms with E-state index in [1.165, 1.54) is 10.6 Å². The summed E-state index contributed by atoms with van der Waals surface area (Å²) in [5.74, 6) is -0.991. The molecule has 0 unspecified atom stereocenters. The number of carboxylic acids is 1. The summed E-state index contributed by atoms with van der Waals surface area (Å²) in [5.41, 5.74) is 2.94. The molecule has 12 nitrogen and oxygen atoms in total. The van der Waals surface area contributed by atoms with E-state index >= 15 is 0 Å². The molecule has 0 aliphatic carbocycles. The van der Waals surface area contributed by atoms with Gasteiger partial charge >= 0.3 is 18.2 Å². The normalized spacial score (nSPS) is 11.8. The Hall–Kier alpha value is -5.75. The van der Waals surface area contributed by atoms with Gasteiger partial charge in [0.05, 0.1) is 55.4 Å². The maximum atomic E-state index is 13.7. The summed E-state index contributed by atoms with van der Waals surface area (Å²) in [6.07, 6.45) is -0.813. The molecule has 0 radical (unpaired) electrons. The van der Waals surface area contributed by atoms with Crippen LogP contribution in [0.4, 0.5) is 23.9 Å². The number of hydrogen-bond donors (Lipinski definition) is 3. The second kappa shape index (κ2) is 12.9. The van der Waals surface area contributed by atoms with Crippen LogP contribution in [-0.4, -0.2) is 79.7 Å². The van der Waals surface area contributed by atoms with Crippen LogP contribution in [0.5, 0.6) is 0 Å². The van der Waals surface area contributed by atoms with Crippen LogP contribution in [0, 0.1) is 18.3 Å². The molecule has 2 amide bonds. The SMILES string of the molecule is Cc1c(-c2ccnn2-c2ccc(C#N)cc2)cn2nc(NC(=O)NCCC[N+](C)(C)CC(=O)O)nc2c1-c1cccc(C(F)(F)F)c1. The van der Waals surface area contributed by atoms with Gasteiger partial charge in [-0.15, -0.1) is 5.10 Å². The number of amides is 2. The molecule has 0 fully saturated rings. The monoisotopic (exact) mass is 646 g/mol. The molecule has 0 bridgehead atoms. The zero-order chi connectivity index (χ0) is 33.9. The Morgan fingerprint density at radius 3 is 2.53 bits per heavy atom. The van der Waals surface area contributed by atoms with E-state index in [1.54, 1.807) is 74.5 Å². The topological polar surface area (TPSA) is 150 Å². The second-order valence-electron chi connectivity index (χ2n) is 11.6. The maximum Gasteiger partial charge on any atom is 0.416 e. The van der Waals surface area contributed by atoms with Gasteiger partial charge in [-0.2, -0.15) is 28.5 Å². The summed E-state index contributed by atoms with van der Waals surface area (Å²) in [5, 5.41) is 32.4. The number of aromatic nitrogens is 5. The number of aliphatic carboxylic acids is 1. The van der Waals surface area contributed by atoms with E-state index in [0.717, 1.165) is 12.1 Å². The number of rotatable bonds is 10. The van der Waals surface area contributed by atoms with Crippen LogP contribution in [0.1, 0.15) is 23.1 Å². The summed E-state index contributed by atoms with van der Waals surface area (Å²) in [7, 11) is 3.56. The highest BCUT2D eigenvalue weighted by Gasteiger charge is 2.31. The Morgan fingerprint density at radius 1 is 1.11 bits per heavy atom. The number of carboxylic acid groups (broad SMARTS) is 1. The summed E-state index contributed by atoms with van der Waals surface area (Å²) in [4.78, 5) is 28.2. The van der Waals surface area contributed by atoms with E-state index in [1.807, 2.05) is 0 Å². The molecule has 5 rings (SSSR count). The molecule has 0 spiro atoms. The molecule has 47 heavy (non-hydrogen) atoms. The zero-order valence-corrected chi connectivity index (χ0v) is 25.7. The number of hydrogen-bond acceptors (Lipinski definition) is 6. The molecule has 0 saturated carbocycles. The molecule has 242 valence electrons. The van der Waals surface area contributed by atoms with Crippen molar-refractivity contribution in [1.82, 2.24) is 29.7 Å². The van der Waals surface area contributed by atoms with Crippen molar-refractivity contribution in [2.24, 2.45) is 0 Å². The van der Waals surface area contributed by atoms with Crippen molar-refractivity contribution in [3.05, 3.63) is 83.7 Å². The molecule has 0 saturated heterocycles. The van der Waals surface area contributed by atoms with Crippen molar-refractivity contribution in [1.29, 1.82) is 5.26 Å². The fraction of sp³-hybridized carbons (Fsp3) is 0.250. The highest BCUT2D eigenvalue weighted by Crippen LogP contribution is 2.38. The predicted octanol–water partition coefficient (Wildman–Crippen LogP) is 5.12. The van der Waals surface area contributed by atoms with Crippen molar-refractivity contribution in [3.63, 3.8) is 0 Å². The number of nitrogens with zero attached hydrogens (tertiary/aromatic N) is 7. The number of fused-ring (bicyclic) bond motifs is 1. The molecule has 2 aromatic carbocycles. The van der Waals surface area contributed by atoms with Gasteiger partial charge in [0.25, 0.3) is 5.95 Å². The summed E-state index contributed by atoms with van der Waals surface area (Å²) in [6.45, 7) is 2.49. The zero-order valence-electron chi connectivity index (χ0n) is 25.7. The van der Waals surface area contributed by atoms with Crippen molar-refractivity contribution in [2.45, 2.75) is 19.5 Å². The number of quaternary nitrogens is 1. The minimum Gasteiger partial charge on any atom is -0.477 e. The van der Waals surface area contributed by atoms with E-state index in [0.29, 0.717) is 46.6 Å². The van der Waals surface area contributed by atoms with Crippen LogP contribution in [0.3, 0.4) is 0 Å². The number of pyridine rings is 1. The predicted molar refractivity (Wildman–Crippen MR) is 167 cm³/mol. The molecule has 0 aliphatic heterocycles. The van der Waals surface area contributed by atoms with E-state index in [4.69, 9.17) is 5.11 Å². The van der Waals surface area contributed by atoms with E-state index in [9.17, 15) is 28.0 Å². The standard InChI is InChI=1S/C32H30F3N9O3/c1-20-25(26-12-14-38-43(26)24-10-8-21(17-36)9-11-24)18-42-29(28(20)22-6-4-7-23(16-22)32(33,34)35)39-30(41-42)40-31(47)37-13-5-15-44(2,3)19-27(45)46/h4,6-12,14,16,18H,5,13,15,19H2,1-3H3,(H2-,37,40,41,45,46,47)/p+1. The number of carbonyl (C=O) groups is 2. The van der Waals surface area contributed by atoms with E-state index in [-0.39, 0.29) is 34.7 Å². The van der Waals surface area contributed by atoms with Crippen LogP contribution in [-0.2, 0) is 11.0 Å². The first-order valence-electron chi connectivity index (χ1n) is 14.5. The van der Waals surface area contributed by atoms with Gasteiger partial charge in [-0.1, -0.05) is 12.1 Å². The third kappa shape index (κ3) is 7.39. The number of anilines is 1. The first-order chi connectivity index (χ1) is 22.3. The fourth-order valence-corrected chi connectivity index (χ4v) is 5.30. The lowest BCUT2D eigenvalue weighted by Crippen LogP contribution is -2.45. The van der Waals surface area contributed by atoms with Crippen LogP contribution in [0.25, 0.3) is 33.7 Å². The van der Waals surface area contributed by atoms with Crippen molar-refractivity contribution >= 4 is 23.6 Å². The number of halogens is 3. The van der Waals surface area contributed by atoms with E-state index < -0.39 is 23.7 Å². The van der Waals surface area contributed by atoms with Gasteiger partial charge in [-0.25, -0.2) is 18.8 Å². The molecule has 0 atom stereocenters. The number of alkyl halides is 3. The van der Waals surface area contributed by atoms with Gasteiger partial charge in [0, 0.05) is 30.3 Å². The van der Waals surface area contributed by atoms with Crippen molar-refractivity contribution in [2.75, 3.05) is 39.0 Å². The first kappa shape index (κ1) is 32.6. The Bertz CT molecular complexity index is 1990. The Labute approximate surface area is 267 Å². The average Bonchev–Trinajstić information content (AvgIpc) is 3.65. The highest BCUT2D eigenvalue weighted by atomic mass is 19.4. The smallest absolute Gasteiger partial charge is 0.416 e. The van der Waals surface area contributed by atoms with Gasteiger partial charge in [0.15, 0.2) is 12.2 Å². The van der Waals surface area contributed by atoms with Gasteiger partial charge in [-0.05, 0) is 60.5 Å². The molecule has 15 heteroatoms. The highest BCUT2D eigenvalue weighted by molar-refractivity contribution is 5.90. The minimum atomic E-state index is -4.58. The Balaban J connectivity index is 1.51. The number of carbonyl (C=O) groups excluding carboxylic acids is 1. The van der Waals surface area contributed by atoms with Gasteiger partial charge in [0.2, 0.25) is 0 Å². The molecular weight excluding hydrogens is 615 g/mol. The average molecular weight is 647 g/mol. The quantitative estimate of drug-likeness (QED) is 0.141. The van der Waals surface area contributed by atoms with Gasteiger partial charge in [0.1, 0.15) is 0 Å². The lowest BCUT2D eigenvalue weighted by atomic mass is 9.95. The third-order valence-electron chi connectivity index (χ3n) is 7.54. The summed E-state index contributed by atoms with van der Waals surface area (Å²) >= 11 is 0. The molecular formula is C32H31F3N9O3+. The number of nitriles is 1. The second-order valence-corrected chi connectivity index (χ2v) is 11.6. The molecule has 5 aromatic rings. The first-order valence-corrected chi connectivity index (χ1v) is 14.5. The van der Waals surface area contributed by atoms with Crippen molar-refractivity contribution in [3.8, 4) is 34.1 Å². The number of nitrogens with one attached hydrogen (secondary N) is 2. The van der Waals surface area contributed by atoms with Crippen LogP contribution in [0.2, 0.25) is 0 Å². The summed E-state index contributed by atoms with van der Waals surface area (Å²) < 4.78 is 44.5. The number of benzene rings is 2. The van der Waals surface area contributed by atoms with E-state index in [2.05, 4.69) is 31.9 Å². The lowest BCUT2D eigenvalue weighted by Gasteiger charge is -2.27. The Morgan fingerprint density at radius 2 is 1.85 bits per heavy atom. The van der Waals surface area contributed by atoms with Crippen LogP contribution < -0.4 is 10.6 Å². The molecule has 3 N–H and O–H groups in total. The molecule has 3 heterocycles. The third-order valence-corrected chi connectivity index (χ3v) is 7.54.